The first kappa shape index (κ1) is 19.3. The van der Waals surface area contributed by atoms with E-state index in [9.17, 15) is 9.59 Å². The van der Waals surface area contributed by atoms with Gasteiger partial charge in [0.2, 0.25) is 0 Å². The van der Waals surface area contributed by atoms with Crippen molar-refractivity contribution < 1.29 is 23.8 Å². The third-order valence-electron chi connectivity index (χ3n) is 4.51. The normalized spacial score (nSPS) is 14.8. The van der Waals surface area contributed by atoms with Gasteiger partial charge in [-0.05, 0) is 49.8 Å². The van der Waals surface area contributed by atoms with Gasteiger partial charge in [0.05, 0.1) is 13.7 Å². The summed E-state index contributed by atoms with van der Waals surface area (Å²) in [6.45, 7) is 2.43. The molecule has 0 aliphatic heterocycles. The Hall–Kier alpha value is -2.04. The quantitative estimate of drug-likeness (QED) is 0.520. The molecular formula is C20H28O5. The van der Waals surface area contributed by atoms with Gasteiger partial charge in [0.1, 0.15) is 0 Å². The molecule has 2 rings (SSSR count). The van der Waals surface area contributed by atoms with Gasteiger partial charge in [-0.2, -0.15) is 0 Å². The fourth-order valence-corrected chi connectivity index (χ4v) is 3.05. The van der Waals surface area contributed by atoms with E-state index in [1.54, 1.807) is 12.1 Å². The number of carbonyl (C=O) groups excluding carboxylic acids is 2. The van der Waals surface area contributed by atoms with Crippen molar-refractivity contribution >= 4 is 11.9 Å². The molecule has 0 atom stereocenters. The molecule has 1 fully saturated rings. The topological polar surface area (TPSA) is 61.8 Å². The van der Waals surface area contributed by atoms with Gasteiger partial charge in [-0.3, -0.25) is 9.59 Å². The highest BCUT2D eigenvalue weighted by Crippen LogP contribution is 2.28. The van der Waals surface area contributed by atoms with Crippen LogP contribution in [-0.2, 0) is 14.3 Å². The first-order valence-corrected chi connectivity index (χ1v) is 9.09. The van der Waals surface area contributed by atoms with Crippen LogP contribution >= 0.6 is 0 Å². The number of benzene rings is 1. The molecule has 0 saturated heterocycles. The molecule has 1 saturated carbocycles. The summed E-state index contributed by atoms with van der Waals surface area (Å²) in [6.07, 6.45) is 6.90. The van der Waals surface area contributed by atoms with E-state index in [0.29, 0.717) is 30.4 Å². The first-order chi connectivity index (χ1) is 12.1. The summed E-state index contributed by atoms with van der Waals surface area (Å²) in [7, 11) is 1.53. The van der Waals surface area contributed by atoms with E-state index in [4.69, 9.17) is 14.2 Å². The van der Waals surface area contributed by atoms with Gasteiger partial charge in [-0.15, -0.1) is 0 Å². The third-order valence-corrected chi connectivity index (χ3v) is 4.51. The van der Waals surface area contributed by atoms with E-state index >= 15 is 0 Å². The third kappa shape index (κ3) is 6.77. The summed E-state index contributed by atoms with van der Waals surface area (Å²) in [5.74, 6) is 0.838. The Bertz CT molecular complexity index is 575. The number of carbonyl (C=O) groups is 2. The van der Waals surface area contributed by atoms with Crippen LogP contribution in [0, 0.1) is 12.8 Å². The zero-order valence-electron chi connectivity index (χ0n) is 15.2. The van der Waals surface area contributed by atoms with Crippen molar-refractivity contribution in [2.75, 3.05) is 13.7 Å². The first-order valence-electron chi connectivity index (χ1n) is 9.09. The summed E-state index contributed by atoms with van der Waals surface area (Å²) >= 11 is 0. The van der Waals surface area contributed by atoms with Crippen LogP contribution in [0.4, 0.5) is 0 Å². The van der Waals surface area contributed by atoms with Crippen LogP contribution in [-0.4, -0.2) is 25.7 Å². The molecule has 0 radical (unpaired) electrons. The SMILES string of the molecule is COc1ccc(C)cc1OC(=O)CCCC(=O)OCC1CCCCC1. The summed E-state index contributed by atoms with van der Waals surface area (Å²) in [5.41, 5.74) is 0.981. The summed E-state index contributed by atoms with van der Waals surface area (Å²) in [5, 5.41) is 0. The highest BCUT2D eigenvalue weighted by atomic mass is 16.6. The van der Waals surface area contributed by atoms with Crippen molar-refractivity contribution in [2.24, 2.45) is 5.92 Å². The number of esters is 2. The minimum Gasteiger partial charge on any atom is -0.493 e. The molecule has 0 bridgehead atoms. The second-order valence-corrected chi connectivity index (χ2v) is 6.67. The van der Waals surface area contributed by atoms with Crippen molar-refractivity contribution in [3.8, 4) is 11.5 Å². The Kier molecular flexibility index (Phi) is 7.76. The summed E-state index contributed by atoms with van der Waals surface area (Å²) in [4.78, 5) is 23.7. The standard InChI is InChI=1S/C20H28O5/c1-15-11-12-17(23-2)18(13-15)25-20(22)10-6-9-19(21)24-14-16-7-4-3-5-8-16/h11-13,16H,3-10,14H2,1-2H3. The van der Waals surface area contributed by atoms with E-state index in [-0.39, 0.29) is 24.8 Å². The second-order valence-electron chi connectivity index (χ2n) is 6.67. The van der Waals surface area contributed by atoms with Crippen LogP contribution in [0.2, 0.25) is 0 Å². The van der Waals surface area contributed by atoms with E-state index in [1.807, 2.05) is 13.0 Å². The Labute approximate surface area is 149 Å². The molecule has 1 aromatic rings. The van der Waals surface area contributed by atoms with Crippen molar-refractivity contribution in [2.45, 2.75) is 58.3 Å². The average Bonchev–Trinajstić information content (AvgIpc) is 2.61. The molecule has 0 aromatic heterocycles. The molecule has 0 amide bonds. The van der Waals surface area contributed by atoms with Crippen molar-refractivity contribution in [3.63, 3.8) is 0 Å². The van der Waals surface area contributed by atoms with Gasteiger partial charge in [0.25, 0.3) is 0 Å². The minimum atomic E-state index is -0.371. The van der Waals surface area contributed by atoms with E-state index in [2.05, 4.69) is 0 Å². The number of ether oxygens (including phenoxy) is 3. The molecule has 5 nitrogen and oxygen atoms in total. The smallest absolute Gasteiger partial charge is 0.311 e. The highest BCUT2D eigenvalue weighted by molar-refractivity contribution is 5.75. The molecule has 138 valence electrons. The van der Waals surface area contributed by atoms with Crippen molar-refractivity contribution in [1.29, 1.82) is 0 Å². The molecule has 5 heteroatoms. The fraction of sp³-hybridized carbons (Fsp3) is 0.600. The number of aryl methyl sites for hydroxylation is 1. The highest BCUT2D eigenvalue weighted by Gasteiger charge is 2.16. The predicted molar refractivity (Wildman–Crippen MR) is 94.8 cm³/mol. The van der Waals surface area contributed by atoms with Crippen LogP contribution in [0.25, 0.3) is 0 Å². The lowest BCUT2D eigenvalue weighted by Crippen LogP contribution is -2.17. The van der Waals surface area contributed by atoms with Gasteiger partial charge in [-0.1, -0.05) is 25.3 Å². The number of hydrogen-bond acceptors (Lipinski definition) is 5. The lowest BCUT2D eigenvalue weighted by atomic mass is 9.90. The van der Waals surface area contributed by atoms with E-state index < -0.39 is 0 Å². The van der Waals surface area contributed by atoms with Gasteiger partial charge in [0.15, 0.2) is 11.5 Å². The fourth-order valence-electron chi connectivity index (χ4n) is 3.05. The molecule has 0 unspecified atom stereocenters. The van der Waals surface area contributed by atoms with Crippen LogP contribution in [0.15, 0.2) is 18.2 Å². The number of methoxy groups -OCH3 is 1. The molecule has 0 heterocycles. The predicted octanol–water partition coefficient (Wildman–Crippen LogP) is 4.20. The van der Waals surface area contributed by atoms with Crippen molar-refractivity contribution in [1.82, 2.24) is 0 Å². The largest absolute Gasteiger partial charge is 0.493 e. The minimum absolute atomic E-state index is 0.176. The Morgan fingerprint density at radius 1 is 1.04 bits per heavy atom. The average molecular weight is 348 g/mol. The van der Waals surface area contributed by atoms with Crippen molar-refractivity contribution in [3.05, 3.63) is 23.8 Å². The zero-order chi connectivity index (χ0) is 18.1. The maximum absolute atomic E-state index is 11.9. The lowest BCUT2D eigenvalue weighted by molar-refractivity contribution is -0.145. The molecule has 0 spiro atoms. The van der Waals surface area contributed by atoms with Crippen LogP contribution in [0.1, 0.15) is 56.9 Å². The molecule has 1 aromatic carbocycles. The monoisotopic (exact) mass is 348 g/mol. The second kappa shape index (κ2) is 10.1. The maximum Gasteiger partial charge on any atom is 0.311 e. The van der Waals surface area contributed by atoms with Gasteiger partial charge in [0, 0.05) is 12.8 Å². The molecule has 1 aliphatic rings. The lowest BCUT2D eigenvalue weighted by Gasteiger charge is -2.20. The summed E-state index contributed by atoms with van der Waals surface area (Å²) < 4.78 is 15.8. The number of rotatable bonds is 8. The Morgan fingerprint density at radius 2 is 1.76 bits per heavy atom. The Morgan fingerprint density at radius 3 is 2.48 bits per heavy atom. The van der Waals surface area contributed by atoms with Gasteiger partial charge in [-0.25, -0.2) is 0 Å². The van der Waals surface area contributed by atoms with Crippen LogP contribution in [0.5, 0.6) is 11.5 Å². The van der Waals surface area contributed by atoms with Gasteiger partial charge >= 0.3 is 11.9 Å². The molecule has 25 heavy (non-hydrogen) atoms. The van der Waals surface area contributed by atoms with E-state index in [1.165, 1.54) is 26.4 Å². The maximum atomic E-state index is 11.9. The molecule has 0 N–H and O–H groups in total. The molecular weight excluding hydrogens is 320 g/mol. The van der Waals surface area contributed by atoms with Crippen LogP contribution in [0.3, 0.4) is 0 Å². The number of hydrogen-bond donors (Lipinski definition) is 0. The zero-order valence-corrected chi connectivity index (χ0v) is 15.2. The van der Waals surface area contributed by atoms with E-state index in [0.717, 1.165) is 18.4 Å². The Balaban J connectivity index is 1.66. The molecule has 1 aliphatic carbocycles. The summed E-state index contributed by atoms with van der Waals surface area (Å²) in [6, 6.07) is 5.41. The van der Waals surface area contributed by atoms with Gasteiger partial charge < -0.3 is 14.2 Å². The van der Waals surface area contributed by atoms with Crippen LogP contribution < -0.4 is 9.47 Å².